The topological polar surface area (TPSA) is 49.4 Å². The van der Waals surface area contributed by atoms with E-state index in [1.807, 2.05) is 9.48 Å². The Hall–Kier alpha value is -1.39. The lowest BCUT2D eigenvalue weighted by molar-refractivity contribution is -0.509. The van der Waals surface area contributed by atoms with E-state index in [1.165, 1.54) is 0 Å². The molecule has 5 nitrogen and oxygen atoms in total. The fourth-order valence-electron chi connectivity index (χ4n) is 2.24. The second-order valence-electron chi connectivity index (χ2n) is 4.43. The summed E-state index contributed by atoms with van der Waals surface area (Å²) in [6.45, 7) is 3.80. The molecule has 16 heavy (non-hydrogen) atoms. The molecule has 0 aliphatic carbocycles. The maximum absolute atomic E-state index is 10.9. The minimum absolute atomic E-state index is 0.226. The Morgan fingerprint density at radius 2 is 1.81 bits per heavy atom. The van der Waals surface area contributed by atoms with E-state index in [-0.39, 0.29) is 10.6 Å². The fraction of sp³-hybridized carbons (Fsp3) is 0.727. The molecule has 5 heteroatoms. The molecule has 2 fully saturated rings. The normalized spacial score (nSPS) is 21.6. The van der Waals surface area contributed by atoms with E-state index >= 15 is 0 Å². The van der Waals surface area contributed by atoms with Gasteiger partial charge in [0.15, 0.2) is 0 Å². The summed E-state index contributed by atoms with van der Waals surface area (Å²) in [5.41, 5.74) is 0.226. The van der Waals surface area contributed by atoms with E-state index in [1.54, 1.807) is 12.4 Å². The number of rotatable bonds is 3. The number of allylic oxidation sites excluding steroid dienone is 1. The molecule has 0 saturated carbocycles. The average molecular weight is 224 g/mol. The summed E-state index contributed by atoms with van der Waals surface area (Å²) >= 11 is 0. The van der Waals surface area contributed by atoms with Crippen molar-refractivity contribution in [3.05, 3.63) is 22.0 Å². The van der Waals surface area contributed by atoms with Gasteiger partial charge >= 0.3 is 5.70 Å². The Labute approximate surface area is 95.2 Å². The monoisotopic (exact) mass is 224 g/mol. The molecule has 0 unspecified atom stereocenters. The number of nitro groups is 1. The first kappa shape index (κ1) is 11.1. The van der Waals surface area contributed by atoms with Crippen molar-refractivity contribution in [2.24, 2.45) is 0 Å². The molecular formula is C11H18N3O2+. The van der Waals surface area contributed by atoms with Crippen LogP contribution in [0.1, 0.15) is 25.7 Å². The lowest BCUT2D eigenvalue weighted by Gasteiger charge is -2.08. The van der Waals surface area contributed by atoms with Gasteiger partial charge in [-0.05, 0) is 12.8 Å². The Balaban J connectivity index is 2.09. The van der Waals surface area contributed by atoms with E-state index in [0.29, 0.717) is 0 Å². The molecule has 0 aromatic rings. The Morgan fingerprint density at radius 1 is 1.19 bits per heavy atom. The molecule has 0 aromatic carbocycles. The number of likely N-dealkylation sites (tertiary alicyclic amines) is 1. The van der Waals surface area contributed by atoms with E-state index in [0.717, 1.165) is 51.9 Å². The smallest absolute Gasteiger partial charge is 0.347 e. The maximum atomic E-state index is 10.9. The van der Waals surface area contributed by atoms with Crippen LogP contribution in [-0.4, -0.2) is 46.8 Å². The molecule has 2 aliphatic heterocycles. The molecule has 0 bridgehead atoms. The minimum Gasteiger partial charge on any atom is -0.372 e. The largest absolute Gasteiger partial charge is 0.372 e. The van der Waals surface area contributed by atoms with Gasteiger partial charge in [-0.25, -0.2) is 4.58 Å². The van der Waals surface area contributed by atoms with Crippen molar-refractivity contribution in [1.82, 2.24) is 4.90 Å². The van der Waals surface area contributed by atoms with Crippen molar-refractivity contribution < 1.29 is 9.50 Å². The first-order chi connectivity index (χ1) is 7.75. The molecular weight excluding hydrogens is 206 g/mol. The van der Waals surface area contributed by atoms with Gasteiger partial charge in [0.25, 0.3) is 0 Å². The summed E-state index contributed by atoms with van der Waals surface area (Å²) in [4.78, 5) is 12.7. The number of hydrogen-bond acceptors (Lipinski definition) is 3. The Kier molecular flexibility index (Phi) is 3.54. The molecule has 0 N–H and O–H groups in total. The van der Waals surface area contributed by atoms with E-state index in [2.05, 4.69) is 0 Å². The quantitative estimate of drug-likeness (QED) is 0.409. The minimum atomic E-state index is -0.281. The van der Waals surface area contributed by atoms with E-state index < -0.39 is 0 Å². The molecule has 0 radical (unpaired) electrons. The molecule has 2 aliphatic rings. The van der Waals surface area contributed by atoms with E-state index in [9.17, 15) is 10.1 Å². The zero-order valence-corrected chi connectivity index (χ0v) is 9.47. The standard InChI is InChI=1S/C11H18N3O2/c15-14(16)11(9-12-5-1-2-6-12)10-13-7-3-4-8-13/h9-10H,1-8H2/q+1. The van der Waals surface area contributed by atoms with Crippen LogP contribution in [0.15, 0.2) is 11.9 Å². The molecule has 2 rings (SSSR count). The highest BCUT2D eigenvalue weighted by Crippen LogP contribution is 2.10. The van der Waals surface area contributed by atoms with Crippen molar-refractivity contribution in [2.75, 3.05) is 26.2 Å². The summed E-state index contributed by atoms with van der Waals surface area (Å²) in [6.07, 6.45) is 7.98. The van der Waals surface area contributed by atoms with E-state index in [4.69, 9.17) is 0 Å². The molecule has 0 amide bonds. The highest BCUT2D eigenvalue weighted by Gasteiger charge is 2.21. The van der Waals surface area contributed by atoms with Gasteiger partial charge in [-0.3, -0.25) is 10.1 Å². The summed E-state index contributed by atoms with van der Waals surface area (Å²) in [5, 5.41) is 10.9. The maximum Gasteiger partial charge on any atom is 0.347 e. The van der Waals surface area contributed by atoms with Crippen LogP contribution >= 0.6 is 0 Å². The molecule has 2 heterocycles. The van der Waals surface area contributed by atoms with Gasteiger partial charge < -0.3 is 4.90 Å². The van der Waals surface area contributed by atoms with Crippen LogP contribution in [0.4, 0.5) is 0 Å². The predicted octanol–water partition coefficient (Wildman–Crippen LogP) is 1.08. The molecule has 2 saturated heterocycles. The number of nitrogens with zero attached hydrogens (tertiary/aromatic N) is 3. The third kappa shape index (κ3) is 2.81. The predicted molar refractivity (Wildman–Crippen MR) is 61.2 cm³/mol. The van der Waals surface area contributed by atoms with Gasteiger partial charge in [-0.2, -0.15) is 0 Å². The van der Waals surface area contributed by atoms with Crippen LogP contribution in [0.25, 0.3) is 0 Å². The first-order valence-corrected chi connectivity index (χ1v) is 5.95. The first-order valence-electron chi connectivity index (χ1n) is 5.95. The van der Waals surface area contributed by atoms with Gasteiger partial charge in [0, 0.05) is 25.9 Å². The van der Waals surface area contributed by atoms with Gasteiger partial charge in [-0.1, -0.05) is 0 Å². The lowest BCUT2D eigenvalue weighted by atomic mass is 10.4. The summed E-state index contributed by atoms with van der Waals surface area (Å²) < 4.78 is 2.05. The van der Waals surface area contributed by atoms with Crippen molar-refractivity contribution in [3.63, 3.8) is 0 Å². The lowest BCUT2D eigenvalue weighted by Crippen LogP contribution is -2.18. The van der Waals surface area contributed by atoms with Crippen LogP contribution < -0.4 is 0 Å². The second kappa shape index (κ2) is 5.09. The van der Waals surface area contributed by atoms with Crippen LogP contribution in [-0.2, 0) is 0 Å². The summed E-state index contributed by atoms with van der Waals surface area (Å²) in [5.74, 6) is 0. The Morgan fingerprint density at radius 3 is 2.38 bits per heavy atom. The summed E-state index contributed by atoms with van der Waals surface area (Å²) in [7, 11) is 0. The third-order valence-electron chi connectivity index (χ3n) is 3.12. The van der Waals surface area contributed by atoms with Gasteiger partial charge in [0.2, 0.25) is 6.21 Å². The van der Waals surface area contributed by atoms with Crippen molar-refractivity contribution >= 4 is 6.21 Å². The second-order valence-corrected chi connectivity index (χ2v) is 4.43. The van der Waals surface area contributed by atoms with Crippen LogP contribution in [0.3, 0.4) is 0 Å². The molecule has 88 valence electrons. The van der Waals surface area contributed by atoms with Gasteiger partial charge in [0.1, 0.15) is 13.1 Å². The van der Waals surface area contributed by atoms with Gasteiger partial charge in [-0.15, -0.1) is 0 Å². The molecule has 0 atom stereocenters. The zero-order chi connectivity index (χ0) is 11.4. The van der Waals surface area contributed by atoms with Crippen LogP contribution in [0.2, 0.25) is 0 Å². The third-order valence-corrected chi connectivity index (χ3v) is 3.12. The SMILES string of the molecule is O=[N+]([O-])/C(C=[N+]1CCCC1)=C/N1CCCC1. The van der Waals surface area contributed by atoms with Crippen LogP contribution in [0, 0.1) is 10.1 Å². The number of hydrogen-bond donors (Lipinski definition) is 0. The van der Waals surface area contributed by atoms with Crippen molar-refractivity contribution in [3.8, 4) is 0 Å². The zero-order valence-electron chi connectivity index (χ0n) is 9.47. The van der Waals surface area contributed by atoms with Crippen LogP contribution in [0.5, 0.6) is 0 Å². The highest BCUT2D eigenvalue weighted by molar-refractivity contribution is 5.70. The highest BCUT2D eigenvalue weighted by atomic mass is 16.6. The van der Waals surface area contributed by atoms with Crippen molar-refractivity contribution in [2.45, 2.75) is 25.7 Å². The molecule has 0 aromatic heterocycles. The fourth-order valence-corrected chi connectivity index (χ4v) is 2.24. The average Bonchev–Trinajstić information content (AvgIpc) is 2.88. The Bertz CT molecular complexity index is 322. The summed E-state index contributed by atoms with van der Waals surface area (Å²) in [6, 6.07) is 0. The van der Waals surface area contributed by atoms with Crippen molar-refractivity contribution in [1.29, 1.82) is 0 Å². The van der Waals surface area contributed by atoms with Gasteiger partial charge in [0.05, 0.1) is 11.1 Å². The molecule has 0 spiro atoms.